The Kier molecular flexibility index (Phi) is 4.73. The van der Waals surface area contributed by atoms with Gasteiger partial charge in [-0.1, -0.05) is 18.2 Å². The summed E-state index contributed by atoms with van der Waals surface area (Å²) >= 11 is 0. The topological polar surface area (TPSA) is 99.3 Å². The van der Waals surface area contributed by atoms with E-state index in [4.69, 9.17) is 0 Å². The number of fused-ring (bicyclic) bond motifs is 2. The Labute approximate surface area is 197 Å². The van der Waals surface area contributed by atoms with Crippen LogP contribution in [0.25, 0.3) is 56.0 Å². The van der Waals surface area contributed by atoms with Gasteiger partial charge in [0, 0.05) is 43.2 Å². The average molecular weight is 468 g/mol. The van der Waals surface area contributed by atoms with E-state index in [1.165, 1.54) is 12.3 Å². The van der Waals surface area contributed by atoms with E-state index in [9.17, 15) is 4.39 Å². The van der Waals surface area contributed by atoms with Crippen molar-refractivity contribution in [1.29, 1.82) is 0 Å². The molecule has 6 aromatic rings. The minimum absolute atomic E-state index is 0.151. The van der Waals surface area contributed by atoms with Crippen LogP contribution in [0, 0.1) is 11.6 Å². The number of halogens is 2. The summed E-state index contributed by atoms with van der Waals surface area (Å²) < 4.78 is 30.3. The van der Waals surface area contributed by atoms with Crippen LogP contribution in [-0.2, 0) is 0 Å². The van der Waals surface area contributed by atoms with Crippen molar-refractivity contribution in [3.63, 3.8) is 0 Å². The molecular weight excluding hydrogens is 450 g/mol. The lowest BCUT2D eigenvalue weighted by Crippen LogP contribution is -2.09. The lowest BCUT2D eigenvalue weighted by Gasteiger charge is -2.13. The molecule has 0 amide bonds. The zero-order valence-corrected chi connectivity index (χ0v) is 18.7. The first-order chi connectivity index (χ1) is 17.0. The van der Waals surface area contributed by atoms with Crippen molar-refractivity contribution in [2.24, 2.45) is 0 Å². The number of hydrogen-bond donors (Lipinski definition) is 2. The second-order valence-electron chi connectivity index (χ2n) is 8.23. The summed E-state index contributed by atoms with van der Waals surface area (Å²) in [6.07, 6.45) is 6.34. The van der Waals surface area contributed by atoms with Crippen LogP contribution in [0.2, 0.25) is 0 Å². The van der Waals surface area contributed by atoms with Gasteiger partial charge in [0.1, 0.15) is 17.2 Å². The van der Waals surface area contributed by atoms with Gasteiger partial charge < -0.3 is 9.88 Å². The zero-order valence-electron chi connectivity index (χ0n) is 18.7. The maximum atomic E-state index is 15.8. The van der Waals surface area contributed by atoms with Crippen LogP contribution in [0.5, 0.6) is 0 Å². The van der Waals surface area contributed by atoms with Gasteiger partial charge in [0.05, 0.1) is 34.5 Å². The van der Waals surface area contributed by atoms with Gasteiger partial charge in [-0.15, -0.1) is 0 Å². The lowest BCUT2D eigenvalue weighted by molar-refractivity contribution is 0.631. The SMILES string of the molecule is CN(C)c1cncc(-c2ncc3[nH]nc(-c4nc5nccc(-c6ccccc6F)c5[nH]4)c3c2F)c1. The summed E-state index contributed by atoms with van der Waals surface area (Å²) in [7, 11) is 3.76. The number of pyridine rings is 3. The summed E-state index contributed by atoms with van der Waals surface area (Å²) in [5.41, 5.74) is 4.11. The van der Waals surface area contributed by atoms with Gasteiger partial charge in [-0.3, -0.25) is 15.1 Å². The summed E-state index contributed by atoms with van der Waals surface area (Å²) in [4.78, 5) is 22.4. The van der Waals surface area contributed by atoms with Gasteiger partial charge in [0.2, 0.25) is 0 Å². The highest BCUT2D eigenvalue weighted by atomic mass is 19.1. The van der Waals surface area contributed by atoms with Crippen LogP contribution < -0.4 is 4.90 Å². The Morgan fingerprint density at radius 1 is 0.914 bits per heavy atom. The highest BCUT2D eigenvalue weighted by molar-refractivity contribution is 5.97. The van der Waals surface area contributed by atoms with E-state index in [0.717, 1.165) is 5.69 Å². The molecule has 0 aliphatic heterocycles. The van der Waals surface area contributed by atoms with E-state index in [0.29, 0.717) is 39.2 Å². The normalized spacial score (nSPS) is 11.4. The molecule has 0 unspecified atom stereocenters. The Morgan fingerprint density at radius 3 is 2.60 bits per heavy atom. The highest BCUT2D eigenvalue weighted by Crippen LogP contribution is 2.34. The van der Waals surface area contributed by atoms with E-state index in [1.807, 2.05) is 25.1 Å². The van der Waals surface area contributed by atoms with Crippen molar-refractivity contribution < 1.29 is 8.78 Å². The number of anilines is 1. The van der Waals surface area contributed by atoms with Gasteiger partial charge in [-0.05, 0) is 18.2 Å². The van der Waals surface area contributed by atoms with Gasteiger partial charge in [0.15, 0.2) is 17.3 Å². The number of aromatic amines is 2. The smallest absolute Gasteiger partial charge is 0.178 e. The van der Waals surface area contributed by atoms with Crippen LogP contribution in [0.15, 0.2) is 61.2 Å². The Balaban J connectivity index is 1.53. The molecule has 0 bridgehead atoms. The fourth-order valence-corrected chi connectivity index (χ4v) is 4.08. The van der Waals surface area contributed by atoms with Crippen molar-refractivity contribution in [3.05, 3.63) is 72.8 Å². The van der Waals surface area contributed by atoms with E-state index in [2.05, 4.69) is 35.1 Å². The maximum absolute atomic E-state index is 15.8. The third-order valence-electron chi connectivity index (χ3n) is 5.84. The molecule has 0 saturated heterocycles. The van der Waals surface area contributed by atoms with Crippen LogP contribution in [0.3, 0.4) is 0 Å². The standard InChI is InChI=1S/C25H18F2N8/c1-35(2)14-9-13(10-28-11-14)21-20(27)19-18(12-30-21)33-34-23(19)25-31-22-16(7-8-29-24(22)32-25)15-5-3-4-6-17(15)26/h3-12H,1-2H3,(H,33,34)(H,29,31,32). The summed E-state index contributed by atoms with van der Waals surface area (Å²) in [5, 5.41) is 7.35. The van der Waals surface area contributed by atoms with Gasteiger partial charge in [-0.2, -0.15) is 5.10 Å². The quantitative estimate of drug-likeness (QED) is 0.379. The molecular formula is C25H18F2N8. The molecule has 0 spiro atoms. The van der Waals surface area contributed by atoms with Gasteiger partial charge in [-0.25, -0.2) is 18.7 Å². The number of H-pyrrole nitrogens is 2. The number of benzene rings is 1. The first-order valence-electron chi connectivity index (χ1n) is 10.8. The lowest BCUT2D eigenvalue weighted by atomic mass is 10.1. The molecule has 0 atom stereocenters. The largest absolute Gasteiger partial charge is 0.376 e. The van der Waals surface area contributed by atoms with E-state index < -0.39 is 5.82 Å². The minimum atomic E-state index is -0.549. The highest BCUT2D eigenvalue weighted by Gasteiger charge is 2.22. The van der Waals surface area contributed by atoms with E-state index >= 15 is 4.39 Å². The molecule has 8 nitrogen and oxygen atoms in total. The third kappa shape index (κ3) is 3.38. The fraction of sp³-hybridized carbons (Fsp3) is 0.0800. The summed E-state index contributed by atoms with van der Waals surface area (Å²) in [5.74, 6) is -0.609. The van der Waals surface area contributed by atoms with Crippen LogP contribution in [0.1, 0.15) is 0 Å². The predicted octanol–water partition coefficient (Wildman–Crippen LogP) is 4.97. The fourth-order valence-electron chi connectivity index (χ4n) is 4.08. The second kappa shape index (κ2) is 7.94. The monoisotopic (exact) mass is 468 g/mol. The first kappa shape index (κ1) is 20.8. The molecule has 10 heteroatoms. The van der Waals surface area contributed by atoms with Crippen LogP contribution >= 0.6 is 0 Å². The van der Waals surface area contributed by atoms with E-state index in [-0.39, 0.29) is 22.6 Å². The number of aromatic nitrogens is 7. The third-order valence-corrected chi connectivity index (χ3v) is 5.84. The van der Waals surface area contributed by atoms with Gasteiger partial charge >= 0.3 is 0 Å². The number of nitrogens with zero attached hydrogens (tertiary/aromatic N) is 6. The van der Waals surface area contributed by atoms with Crippen LogP contribution in [-0.4, -0.2) is 49.2 Å². The number of imidazole rings is 1. The molecule has 2 N–H and O–H groups in total. The second-order valence-corrected chi connectivity index (χ2v) is 8.23. The molecule has 6 rings (SSSR count). The molecule has 172 valence electrons. The molecule has 0 aliphatic rings. The zero-order chi connectivity index (χ0) is 24.1. The molecule has 5 heterocycles. The van der Waals surface area contributed by atoms with Crippen molar-refractivity contribution in [1.82, 2.24) is 35.1 Å². The molecule has 5 aromatic heterocycles. The van der Waals surface area contributed by atoms with Crippen LogP contribution in [0.4, 0.5) is 14.5 Å². The van der Waals surface area contributed by atoms with Crippen molar-refractivity contribution >= 4 is 27.8 Å². The molecule has 0 fully saturated rings. The Bertz CT molecular complexity index is 1720. The molecule has 0 radical (unpaired) electrons. The molecule has 35 heavy (non-hydrogen) atoms. The van der Waals surface area contributed by atoms with Crippen molar-refractivity contribution in [3.8, 4) is 33.9 Å². The molecule has 0 saturated carbocycles. The molecule has 1 aromatic carbocycles. The number of rotatable bonds is 4. The van der Waals surface area contributed by atoms with Crippen molar-refractivity contribution in [2.75, 3.05) is 19.0 Å². The minimum Gasteiger partial charge on any atom is -0.376 e. The van der Waals surface area contributed by atoms with Crippen molar-refractivity contribution in [2.45, 2.75) is 0 Å². The number of hydrogen-bond acceptors (Lipinski definition) is 6. The Morgan fingerprint density at radius 2 is 1.77 bits per heavy atom. The van der Waals surface area contributed by atoms with E-state index in [1.54, 1.807) is 42.9 Å². The summed E-state index contributed by atoms with van der Waals surface area (Å²) in [6, 6.07) is 9.98. The maximum Gasteiger partial charge on any atom is 0.178 e. The average Bonchev–Trinajstić information content (AvgIpc) is 3.49. The molecule has 0 aliphatic carbocycles. The number of nitrogens with one attached hydrogen (secondary N) is 2. The predicted molar refractivity (Wildman–Crippen MR) is 130 cm³/mol. The van der Waals surface area contributed by atoms with Gasteiger partial charge in [0.25, 0.3) is 0 Å². The Hall–Kier alpha value is -4.73. The first-order valence-corrected chi connectivity index (χ1v) is 10.8. The summed E-state index contributed by atoms with van der Waals surface area (Å²) in [6.45, 7) is 0.